The summed E-state index contributed by atoms with van der Waals surface area (Å²) < 4.78 is 11.0. The van der Waals surface area contributed by atoms with E-state index in [1.807, 2.05) is 49.4 Å². The van der Waals surface area contributed by atoms with Crippen molar-refractivity contribution >= 4 is 40.0 Å². The molecule has 2 N–H and O–H groups in total. The fraction of sp³-hybridized carbons (Fsp3) is 0.211. The number of carbonyl (C=O) groups excluding carboxylic acids is 1. The predicted molar refractivity (Wildman–Crippen MR) is 105 cm³/mol. The quantitative estimate of drug-likeness (QED) is 0.659. The highest BCUT2D eigenvalue weighted by molar-refractivity contribution is 7.80. The average molecular weight is 369 g/mol. The van der Waals surface area contributed by atoms with Crippen molar-refractivity contribution in [1.29, 1.82) is 0 Å². The number of rotatable bonds is 5. The van der Waals surface area contributed by atoms with Crippen molar-refractivity contribution in [2.45, 2.75) is 19.8 Å². The number of methoxy groups -OCH3 is 1. The van der Waals surface area contributed by atoms with Gasteiger partial charge in [0.15, 0.2) is 10.7 Å². The Morgan fingerprint density at radius 2 is 2.12 bits per heavy atom. The van der Waals surface area contributed by atoms with Crippen LogP contribution < -0.4 is 15.4 Å². The van der Waals surface area contributed by atoms with Crippen LogP contribution in [-0.2, 0) is 4.79 Å². The Hall–Kier alpha value is -2.93. The van der Waals surface area contributed by atoms with Crippen molar-refractivity contribution in [3.8, 4) is 17.2 Å². The summed E-state index contributed by atoms with van der Waals surface area (Å²) in [6, 6.07) is 12.9. The molecule has 26 heavy (non-hydrogen) atoms. The lowest BCUT2D eigenvalue weighted by atomic mass is 10.2. The number of amides is 1. The third-order valence-electron chi connectivity index (χ3n) is 3.69. The molecule has 0 atom stereocenters. The maximum absolute atomic E-state index is 11.6. The number of nitrogens with zero attached hydrogens (tertiary/aromatic N) is 1. The number of carbonyl (C=O) groups is 1. The largest absolute Gasteiger partial charge is 0.497 e. The normalized spacial score (nSPS) is 10.5. The molecule has 3 aromatic rings. The Labute approximate surface area is 156 Å². The molecule has 0 saturated carbocycles. The zero-order valence-corrected chi connectivity index (χ0v) is 15.4. The lowest BCUT2D eigenvalue weighted by Gasteiger charge is -2.09. The van der Waals surface area contributed by atoms with E-state index in [2.05, 4.69) is 15.6 Å². The number of aromatic nitrogens is 1. The first-order valence-corrected chi connectivity index (χ1v) is 8.65. The molecule has 0 bridgehead atoms. The predicted octanol–water partition coefficient (Wildman–Crippen LogP) is 4.12. The summed E-state index contributed by atoms with van der Waals surface area (Å²) in [5.74, 6) is 1.12. The number of fused-ring (bicyclic) bond motifs is 1. The average Bonchev–Trinajstić information content (AvgIpc) is 3.05. The Balaban J connectivity index is 1.78. The standard InChI is InChI=1S/C19H19N3O3S/c1-3-5-17(23)22-19(26)20-13-7-4-6-12(10-13)18-21-15-11-14(24-2)8-9-16(15)25-18/h4,6-11H,3,5H2,1-2H3,(H2,20,22,23,26). The van der Waals surface area contributed by atoms with Crippen molar-refractivity contribution < 1.29 is 13.9 Å². The molecule has 0 spiro atoms. The van der Waals surface area contributed by atoms with Crippen LogP contribution in [0.3, 0.4) is 0 Å². The molecular formula is C19H19N3O3S. The van der Waals surface area contributed by atoms with E-state index in [1.54, 1.807) is 7.11 Å². The van der Waals surface area contributed by atoms with Crippen LogP contribution in [0.4, 0.5) is 5.69 Å². The molecule has 7 heteroatoms. The van der Waals surface area contributed by atoms with E-state index in [0.717, 1.165) is 28.9 Å². The Morgan fingerprint density at radius 1 is 1.27 bits per heavy atom. The molecule has 0 unspecified atom stereocenters. The van der Waals surface area contributed by atoms with E-state index in [0.29, 0.717) is 17.9 Å². The zero-order valence-electron chi connectivity index (χ0n) is 14.5. The van der Waals surface area contributed by atoms with E-state index in [1.165, 1.54) is 0 Å². The van der Waals surface area contributed by atoms with E-state index < -0.39 is 0 Å². The van der Waals surface area contributed by atoms with Gasteiger partial charge in [-0.3, -0.25) is 4.79 Å². The molecule has 1 amide bonds. The third kappa shape index (κ3) is 4.18. The van der Waals surface area contributed by atoms with Crippen LogP contribution in [0.1, 0.15) is 19.8 Å². The van der Waals surface area contributed by atoms with Gasteiger partial charge in [0, 0.05) is 23.7 Å². The summed E-state index contributed by atoms with van der Waals surface area (Å²) in [5.41, 5.74) is 2.94. The fourth-order valence-electron chi connectivity index (χ4n) is 2.47. The van der Waals surface area contributed by atoms with E-state index >= 15 is 0 Å². The topological polar surface area (TPSA) is 76.4 Å². The first-order chi connectivity index (χ1) is 12.6. The van der Waals surface area contributed by atoms with Gasteiger partial charge in [0.1, 0.15) is 11.3 Å². The first-order valence-electron chi connectivity index (χ1n) is 8.25. The molecule has 2 aromatic carbocycles. The molecule has 134 valence electrons. The number of hydrogen-bond donors (Lipinski definition) is 2. The van der Waals surface area contributed by atoms with Crippen LogP contribution in [0.2, 0.25) is 0 Å². The van der Waals surface area contributed by atoms with Crippen LogP contribution >= 0.6 is 12.2 Å². The highest BCUT2D eigenvalue weighted by atomic mass is 32.1. The van der Waals surface area contributed by atoms with Crippen molar-refractivity contribution in [2.24, 2.45) is 0 Å². The second-order valence-electron chi connectivity index (χ2n) is 5.69. The van der Waals surface area contributed by atoms with Gasteiger partial charge in [-0.05, 0) is 49.0 Å². The highest BCUT2D eigenvalue weighted by Gasteiger charge is 2.10. The van der Waals surface area contributed by atoms with Crippen molar-refractivity contribution in [2.75, 3.05) is 12.4 Å². The number of nitrogens with one attached hydrogen (secondary N) is 2. The van der Waals surface area contributed by atoms with Crippen molar-refractivity contribution in [3.05, 3.63) is 42.5 Å². The number of thiocarbonyl (C=S) groups is 1. The van der Waals surface area contributed by atoms with Crippen LogP contribution in [0.15, 0.2) is 46.9 Å². The number of anilines is 1. The van der Waals surface area contributed by atoms with Crippen LogP contribution in [0, 0.1) is 0 Å². The minimum absolute atomic E-state index is 0.103. The Kier molecular flexibility index (Phi) is 5.48. The van der Waals surface area contributed by atoms with Crippen LogP contribution in [-0.4, -0.2) is 23.1 Å². The van der Waals surface area contributed by atoms with E-state index in [-0.39, 0.29) is 11.0 Å². The summed E-state index contributed by atoms with van der Waals surface area (Å²) in [6.45, 7) is 1.94. The number of oxazole rings is 1. The minimum Gasteiger partial charge on any atom is -0.497 e. The molecule has 0 radical (unpaired) electrons. The van der Waals surface area contributed by atoms with Gasteiger partial charge in [0.2, 0.25) is 11.8 Å². The van der Waals surface area contributed by atoms with Gasteiger partial charge in [0.05, 0.1) is 7.11 Å². The molecule has 0 aliphatic rings. The summed E-state index contributed by atoms with van der Waals surface area (Å²) in [4.78, 5) is 16.1. The van der Waals surface area contributed by atoms with E-state index in [4.69, 9.17) is 21.4 Å². The minimum atomic E-state index is -0.103. The molecule has 0 saturated heterocycles. The first kappa shape index (κ1) is 17.9. The molecule has 0 fully saturated rings. The summed E-state index contributed by atoms with van der Waals surface area (Å²) in [6.07, 6.45) is 1.21. The smallest absolute Gasteiger partial charge is 0.227 e. The Morgan fingerprint density at radius 3 is 2.88 bits per heavy atom. The van der Waals surface area contributed by atoms with Gasteiger partial charge in [-0.2, -0.15) is 0 Å². The van der Waals surface area contributed by atoms with Gasteiger partial charge >= 0.3 is 0 Å². The highest BCUT2D eigenvalue weighted by Crippen LogP contribution is 2.28. The maximum Gasteiger partial charge on any atom is 0.227 e. The van der Waals surface area contributed by atoms with Gasteiger partial charge in [-0.15, -0.1) is 0 Å². The number of ether oxygens (including phenoxy) is 1. The number of hydrogen-bond acceptors (Lipinski definition) is 5. The Bertz CT molecular complexity index is 952. The number of benzene rings is 2. The maximum atomic E-state index is 11.6. The summed E-state index contributed by atoms with van der Waals surface area (Å²) in [5, 5.41) is 5.92. The lowest BCUT2D eigenvalue weighted by molar-refractivity contribution is -0.119. The lowest BCUT2D eigenvalue weighted by Crippen LogP contribution is -2.33. The van der Waals surface area contributed by atoms with Gasteiger partial charge < -0.3 is 19.8 Å². The molecule has 1 aromatic heterocycles. The fourth-order valence-corrected chi connectivity index (χ4v) is 2.70. The van der Waals surface area contributed by atoms with Crippen LogP contribution in [0.5, 0.6) is 5.75 Å². The monoisotopic (exact) mass is 369 g/mol. The SMILES string of the molecule is CCCC(=O)NC(=S)Nc1cccc(-c2nc3cc(OC)ccc3o2)c1. The van der Waals surface area contributed by atoms with Gasteiger partial charge in [0.25, 0.3) is 0 Å². The zero-order chi connectivity index (χ0) is 18.5. The van der Waals surface area contributed by atoms with Crippen molar-refractivity contribution in [1.82, 2.24) is 10.3 Å². The second kappa shape index (κ2) is 7.97. The summed E-state index contributed by atoms with van der Waals surface area (Å²) >= 11 is 5.17. The van der Waals surface area contributed by atoms with Gasteiger partial charge in [-0.25, -0.2) is 4.98 Å². The molecule has 0 aliphatic carbocycles. The van der Waals surface area contributed by atoms with Crippen LogP contribution in [0.25, 0.3) is 22.6 Å². The molecule has 3 rings (SSSR count). The molecule has 0 aliphatic heterocycles. The molecular weight excluding hydrogens is 350 g/mol. The molecule has 1 heterocycles. The van der Waals surface area contributed by atoms with Crippen molar-refractivity contribution in [3.63, 3.8) is 0 Å². The molecule has 6 nitrogen and oxygen atoms in total. The van der Waals surface area contributed by atoms with Gasteiger partial charge in [-0.1, -0.05) is 13.0 Å². The summed E-state index contributed by atoms with van der Waals surface area (Å²) in [7, 11) is 1.61. The second-order valence-corrected chi connectivity index (χ2v) is 6.09. The van der Waals surface area contributed by atoms with E-state index in [9.17, 15) is 4.79 Å². The third-order valence-corrected chi connectivity index (χ3v) is 3.90.